The van der Waals surface area contributed by atoms with Crippen molar-refractivity contribution in [1.29, 1.82) is 0 Å². The predicted molar refractivity (Wildman–Crippen MR) is 64.6 cm³/mol. The van der Waals surface area contributed by atoms with E-state index < -0.39 is 0 Å². The van der Waals surface area contributed by atoms with Gasteiger partial charge in [0.25, 0.3) is 0 Å². The Morgan fingerprint density at radius 1 is 1.06 bits per heavy atom. The van der Waals surface area contributed by atoms with Crippen LogP contribution in [0.4, 0.5) is 0 Å². The summed E-state index contributed by atoms with van der Waals surface area (Å²) < 4.78 is 10.3. The van der Waals surface area contributed by atoms with Crippen LogP contribution in [0.2, 0.25) is 0 Å². The number of methoxy groups -OCH3 is 2. The van der Waals surface area contributed by atoms with Crippen LogP contribution in [-0.2, 0) is 4.79 Å². The number of carbonyl (C=O) groups is 2. The molecule has 1 rings (SSSR count). The molecule has 0 N–H and O–H groups in total. The highest BCUT2D eigenvalue weighted by Crippen LogP contribution is 2.28. The standard InChI is InChI=1S/C13H14O4/c1-16-12-8-11(9-15)13(17-2)7-10(12)5-3-4-6-14/h3,5-9H,4H2,1-2H3. The fraction of sp³-hybridized carbons (Fsp3) is 0.231. The highest BCUT2D eigenvalue weighted by Gasteiger charge is 2.08. The molecule has 0 amide bonds. The number of aldehydes is 2. The lowest BCUT2D eigenvalue weighted by molar-refractivity contribution is -0.107. The van der Waals surface area contributed by atoms with Gasteiger partial charge in [-0.2, -0.15) is 0 Å². The normalized spacial score (nSPS) is 10.2. The summed E-state index contributed by atoms with van der Waals surface area (Å²) in [6.45, 7) is 0. The maximum atomic E-state index is 10.8. The van der Waals surface area contributed by atoms with Crippen molar-refractivity contribution < 1.29 is 19.1 Å². The molecule has 0 fully saturated rings. The van der Waals surface area contributed by atoms with Crippen LogP contribution in [0, 0.1) is 0 Å². The Bertz CT molecular complexity index is 435. The molecule has 0 radical (unpaired) electrons. The van der Waals surface area contributed by atoms with Crippen LogP contribution in [0.1, 0.15) is 22.3 Å². The Hall–Kier alpha value is -2.10. The molecule has 0 atom stereocenters. The third-order valence-electron chi connectivity index (χ3n) is 2.24. The molecule has 0 bridgehead atoms. The van der Waals surface area contributed by atoms with Crippen molar-refractivity contribution >= 4 is 18.6 Å². The van der Waals surface area contributed by atoms with Crippen molar-refractivity contribution in [1.82, 2.24) is 0 Å². The van der Waals surface area contributed by atoms with E-state index in [2.05, 4.69) is 0 Å². The van der Waals surface area contributed by atoms with E-state index in [1.54, 1.807) is 24.3 Å². The van der Waals surface area contributed by atoms with Gasteiger partial charge >= 0.3 is 0 Å². The third-order valence-corrected chi connectivity index (χ3v) is 2.24. The SMILES string of the molecule is COc1cc(C=CCC=O)c(OC)cc1C=O. The van der Waals surface area contributed by atoms with E-state index in [0.29, 0.717) is 29.8 Å². The summed E-state index contributed by atoms with van der Waals surface area (Å²) in [4.78, 5) is 21.0. The highest BCUT2D eigenvalue weighted by atomic mass is 16.5. The molecule has 0 aliphatic heterocycles. The zero-order valence-electron chi connectivity index (χ0n) is 9.80. The number of benzene rings is 1. The fourth-order valence-electron chi connectivity index (χ4n) is 1.42. The second-order valence-electron chi connectivity index (χ2n) is 3.26. The molecule has 0 spiro atoms. The lowest BCUT2D eigenvalue weighted by atomic mass is 10.1. The largest absolute Gasteiger partial charge is 0.496 e. The van der Waals surface area contributed by atoms with Crippen molar-refractivity contribution in [3.05, 3.63) is 29.3 Å². The van der Waals surface area contributed by atoms with Crippen molar-refractivity contribution in [2.45, 2.75) is 6.42 Å². The minimum atomic E-state index is 0.334. The zero-order chi connectivity index (χ0) is 12.7. The summed E-state index contributed by atoms with van der Waals surface area (Å²) in [6.07, 6.45) is 5.32. The van der Waals surface area contributed by atoms with Gasteiger partial charge in [0, 0.05) is 12.0 Å². The Kier molecular flexibility index (Phi) is 4.94. The van der Waals surface area contributed by atoms with Gasteiger partial charge in [-0.05, 0) is 12.1 Å². The van der Waals surface area contributed by atoms with Crippen LogP contribution in [0.5, 0.6) is 11.5 Å². The van der Waals surface area contributed by atoms with Gasteiger partial charge in [-0.3, -0.25) is 4.79 Å². The molecule has 4 nitrogen and oxygen atoms in total. The van der Waals surface area contributed by atoms with Crippen LogP contribution in [-0.4, -0.2) is 26.8 Å². The number of hydrogen-bond acceptors (Lipinski definition) is 4. The van der Waals surface area contributed by atoms with Crippen molar-refractivity contribution in [3.8, 4) is 11.5 Å². The van der Waals surface area contributed by atoms with Crippen LogP contribution in [0.3, 0.4) is 0 Å². The van der Waals surface area contributed by atoms with Gasteiger partial charge in [-0.1, -0.05) is 12.2 Å². The number of ether oxygens (including phenoxy) is 2. The minimum Gasteiger partial charge on any atom is -0.496 e. The van der Waals surface area contributed by atoms with Gasteiger partial charge in [0.05, 0.1) is 19.8 Å². The molecule has 0 aliphatic carbocycles. The average Bonchev–Trinajstić information content (AvgIpc) is 2.38. The number of carbonyl (C=O) groups excluding carboxylic acids is 2. The lowest BCUT2D eigenvalue weighted by Crippen LogP contribution is -1.95. The maximum absolute atomic E-state index is 10.8. The second kappa shape index (κ2) is 6.48. The smallest absolute Gasteiger partial charge is 0.153 e. The van der Waals surface area contributed by atoms with E-state index in [1.165, 1.54) is 14.2 Å². The Labute approximate surface area is 99.8 Å². The molecular weight excluding hydrogens is 220 g/mol. The van der Waals surface area contributed by atoms with Gasteiger partial charge in [0.15, 0.2) is 6.29 Å². The van der Waals surface area contributed by atoms with Crippen molar-refractivity contribution in [3.63, 3.8) is 0 Å². The first-order valence-corrected chi connectivity index (χ1v) is 5.08. The van der Waals surface area contributed by atoms with Gasteiger partial charge in [-0.25, -0.2) is 0 Å². The summed E-state index contributed by atoms with van der Waals surface area (Å²) in [5.74, 6) is 1.04. The number of hydrogen-bond donors (Lipinski definition) is 0. The topological polar surface area (TPSA) is 52.6 Å². The second-order valence-corrected chi connectivity index (χ2v) is 3.26. The van der Waals surface area contributed by atoms with Gasteiger partial charge in [-0.15, -0.1) is 0 Å². The van der Waals surface area contributed by atoms with Crippen LogP contribution in [0.25, 0.3) is 6.08 Å². The Morgan fingerprint density at radius 3 is 2.18 bits per heavy atom. The highest BCUT2D eigenvalue weighted by molar-refractivity contribution is 5.82. The quantitative estimate of drug-likeness (QED) is 0.707. The molecule has 0 saturated heterocycles. The Balaban J connectivity index is 3.18. The summed E-state index contributed by atoms with van der Waals surface area (Å²) >= 11 is 0. The summed E-state index contributed by atoms with van der Waals surface area (Å²) in [6, 6.07) is 3.30. The molecule has 0 aliphatic rings. The molecule has 0 aromatic heterocycles. The van der Waals surface area contributed by atoms with Crippen LogP contribution < -0.4 is 9.47 Å². The molecule has 1 aromatic rings. The van der Waals surface area contributed by atoms with E-state index in [1.807, 2.05) is 0 Å². The van der Waals surface area contributed by atoms with Gasteiger partial charge < -0.3 is 14.3 Å². The van der Waals surface area contributed by atoms with E-state index in [4.69, 9.17) is 9.47 Å². The van der Waals surface area contributed by atoms with Crippen molar-refractivity contribution in [2.24, 2.45) is 0 Å². The van der Waals surface area contributed by atoms with Gasteiger partial charge in [0.2, 0.25) is 0 Å². The Morgan fingerprint density at radius 2 is 1.65 bits per heavy atom. The molecule has 0 unspecified atom stereocenters. The monoisotopic (exact) mass is 234 g/mol. The minimum absolute atomic E-state index is 0.334. The van der Waals surface area contributed by atoms with E-state index >= 15 is 0 Å². The fourth-order valence-corrected chi connectivity index (χ4v) is 1.42. The first-order chi connectivity index (χ1) is 8.26. The summed E-state index contributed by atoms with van der Waals surface area (Å²) in [7, 11) is 3.02. The molecular formula is C13H14O4. The summed E-state index contributed by atoms with van der Waals surface area (Å²) in [5.41, 5.74) is 1.19. The van der Waals surface area contributed by atoms with Crippen LogP contribution in [0.15, 0.2) is 18.2 Å². The molecule has 90 valence electrons. The number of rotatable bonds is 6. The molecule has 17 heavy (non-hydrogen) atoms. The molecule has 0 heterocycles. The maximum Gasteiger partial charge on any atom is 0.153 e. The number of allylic oxidation sites excluding steroid dienone is 1. The lowest BCUT2D eigenvalue weighted by Gasteiger charge is -2.09. The van der Waals surface area contributed by atoms with Gasteiger partial charge in [0.1, 0.15) is 17.8 Å². The third kappa shape index (κ3) is 3.17. The van der Waals surface area contributed by atoms with E-state index in [9.17, 15) is 9.59 Å². The molecule has 0 saturated carbocycles. The first-order valence-electron chi connectivity index (χ1n) is 5.08. The average molecular weight is 234 g/mol. The van der Waals surface area contributed by atoms with Crippen LogP contribution >= 0.6 is 0 Å². The molecule has 4 heteroatoms. The van der Waals surface area contributed by atoms with E-state index in [0.717, 1.165) is 11.8 Å². The predicted octanol–water partition coefficient (Wildman–Crippen LogP) is 2.12. The first kappa shape index (κ1) is 13.0. The summed E-state index contributed by atoms with van der Waals surface area (Å²) in [5, 5.41) is 0. The molecule has 1 aromatic carbocycles. The van der Waals surface area contributed by atoms with Crippen molar-refractivity contribution in [2.75, 3.05) is 14.2 Å². The zero-order valence-corrected chi connectivity index (χ0v) is 9.80. The van der Waals surface area contributed by atoms with E-state index in [-0.39, 0.29) is 0 Å².